The van der Waals surface area contributed by atoms with Crippen LogP contribution in [0, 0.1) is 5.92 Å². The minimum Gasteiger partial charge on any atom is -0.312 e. The number of allylic oxidation sites excluding steroid dienone is 1. The third kappa shape index (κ3) is 4.08. The maximum atomic E-state index is 6.21. The van der Waals surface area contributed by atoms with Crippen LogP contribution < -0.4 is 5.32 Å². The Morgan fingerprint density at radius 1 is 1.45 bits per heavy atom. The van der Waals surface area contributed by atoms with Crippen LogP contribution in [0.3, 0.4) is 0 Å². The smallest absolute Gasteiger partial charge is 0.0584 e. The summed E-state index contributed by atoms with van der Waals surface area (Å²) in [6, 6.07) is 8.33. The van der Waals surface area contributed by atoms with Crippen molar-refractivity contribution in [3.05, 3.63) is 46.8 Å². The topological polar surface area (TPSA) is 12.0 Å². The maximum Gasteiger partial charge on any atom is 0.0584 e. The highest BCUT2D eigenvalue weighted by Gasteiger charge is 2.06. The normalized spacial score (nSPS) is 12.7. The van der Waals surface area contributed by atoms with Crippen molar-refractivity contribution in [2.24, 2.45) is 5.92 Å². The van der Waals surface area contributed by atoms with Gasteiger partial charge in [0.1, 0.15) is 0 Å². The Morgan fingerprint density at radius 2 is 2.30 bits per heavy atom. The van der Waals surface area contributed by atoms with E-state index < -0.39 is 0 Å². The fraction of sp³-hybridized carbons (Fsp3) is 0.412. The van der Waals surface area contributed by atoms with E-state index >= 15 is 0 Å². The Labute approximate surface area is 130 Å². The highest BCUT2D eigenvalue weighted by molar-refractivity contribution is 7.19. The summed E-state index contributed by atoms with van der Waals surface area (Å²) in [5.74, 6) is 0.761. The molecule has 0 bridgehead atoms. The van der Waals surface area contributed by atoms with E-state index in [1.165, 1.54) is 27.8 Å². The molecule has 108 valence electrons. The first-order valence-corrected chi connectivity index (χ1v) is 8.42. The SMILES string of the molecule is C=CCC(CC)CCNCc1cc2cccc(Cl)c2s1. The van der Waals surface area contributed by atoms with Crippen molar-refractivity contribution in [3.8, 4) is 0 Å². The summed E-state index contributed by atoms with van der Waals surface area (Å²) in [6.45, 7) is 8.07. The van der Waals surface area contributed by atoms with Crippen molar-refractivity contribution >= 4 is 33.0 Å². The zero-order valence-corrected chi connectivity index (χ0v) is 13.6. The second kappa shape index (κ2) is 7.82. The molecule has 1 unspecified atom stereocenters. The third-order valence-electron chi connectivity index (χ3n) is 3.65. The van der Waals surface area contributed by atoms with Crippen LogP contribution in [0.4, 0.5) is 0 Å². The molecule has 0 fully saturated rings. The summed E-state index contributed by atoms with van der Waals surface area (Å²) in [7, 11) is 0. The second-order valence-electron chi connectivity index (χ2n) is 5.14. The zero-order chi connectivity index (χ0) is 14.4. The predicted octanol–water partition coefficient (Wildman–Crippen LogP) is 5.64. The highest BCUT2D eigenvalue weighted by atomic mass is 35.5. The van der Waals surface area contributed by atoms with Gasteiger partial charge in [0.25, 0.3) is 0 Å². The molecule has 0 spiro atoms. The molecule has 0 aliphatic heterocycles. The fourth-order valence-electron chi connectivity index (χ4n) is 2.41. The Kier molecular flexibility index (Phi) is 6.08. The van der Waals surface area contributed by atoms with Crippen LogP contribution in [0.15, 0.2) is 36.9 Å². The van der Waals surface area contributed by atoms with Crippen LogP contribution in [-0.4, -0.2) is 6.54 Å². The second-order valence-corrected chi connectivity index (χ2v) is 6.68. The zero-order valence-electron chi connectivity index (χ0n) is 12.0. The van der Waals surface area contributed by atoms with Crippen LogP contribution in [-0.2, 0) is 6.54 Å². The minimum atomic E-state index is 0.761. The summed E-state index contributed by atoms with van der Waals surface area (Å²) in [5, 5.41) is 5.64. The van der Waals surface area contributed by atoms with Crippen LogP contribution in [0.2, 0.25) is 5.02 Å². The number of halogens is 1. The van der Waals surface area contributed by atoms with E-state index in [0.29, 0.717) is 0 Å². The van der Waals surface area contributed by atoms with E-state index in [9.17, 15) is 0 Å². The molecule has 0 saturated carbocycles. The first-order valence-electron chi connectivity index (χ1n) is 7.23. The van der Waals surface area contributed by atoms with E-state index in [4.69, 9.17) is 11.6 Å². The number of nitrogens with one attached hydrogen (secondary N) is 1. The summed E-state index contributed by atoms with van der Waals surface area (Å²) >= 11 is 8.00. The van der Waals surface area contributed by atoms with Gasteiger partial charge in [-0.1, -0.05) is 43.2 Å². The van der Waals surface area contributed by atoms with Crippen molar-refractivity contribution in [1.82, 2.24) is 5.32 Å². The first-order chi connectivity index (χ1) is 9.74. The third-order valence-corrected chi connectivity index (χ3v) is 5.26. The Bertz CT molecular complexity index is 561. The number of benzene rings is 1. The quantitative estimate of drug-likeness (QED) is 0.492. The molecule has 2 aromatic rings. The molecule has 1 heterocycles. The van der Waals surface area contributed by atoms with Gasteiger partial charge in [0.05, 0.1) is 9.72 Å². The fourth-order valence-corrected chi connectivity index (χ4v) is 3.74. The lowest BCUT2D eigenvalue weighted by atomic mass is 9.99. The van der Waals surface area contributed by atoms with E-state index in [1.807, 2.05) is 18.2 Å². The Hall–Kier alpha value is -0.830. The van der Waals surface area contributed by atoms with Crippen LogP contribution >= 0.6 is 22.9 Å². The van der Waals surface area contributed by atoms with Crippen molar-refractivity contribution in [2.75, 3.05) is 6.54 Å². The van der Waals surface area contributed by atoms with Gasteiger partial charge in [0, 0.05) is 11.4 Å². The average Bonchev–Trinajstić information content (AvgIpc) is 2.86. The largest absolute Gasteiger partial charge is 0.312 e. The minimum absolute atomic E-state index is 0.761. The van der Waals surface area contributed by atoms with Crippen LogP contribution in [0.25, 0.3) is 10.1 Å². The molecule has 2 rings (SSSR count). The molecule has 3 heteroatoms. The van der Waals surface area contributed by atoms with Crippen LogP contribution in [0.1, 0.15) is 31.1 Å². The molecule has 0 saturated heterocycles. The molecular formula is C17H22ClNS. The molecule has 1 aromatic carbocycles. The van der Waals surface area contributed by atoms with Gasteiger partial charge >= 0.3 is 0 Å². The standard InChI is InChI=1S/C17H22ClNS/c1-3-6-13(4-2)9-10-19-12-15-11-14-7-5-8-16(18)17(14)20-15/h3,5,7-8,11,13,19H,1,4,6,9-10,12H2,2H3. The van der Waals surface area contributed by atoms with Crippen molar-refractivity contribution in [1.29, 1.82) is 0 Å². The Morgan fingerprint density at radius 3 is 3.00 bits per heavy atom. The lowest BCUT2D eigenvalue weighted by Crippen LogP contribution is -2.16. The van der Waals surface area contributed by atoms with Gasteiger partial charge < -0.3 is 5.32 Å². The molecular weight excluding hydrogens is 286 g/mol. The molecule has 1 N–H and O–H groups in total. The summed E-state index contributed by atoms with van der Waals surface area (Å²) in [5.41, 5.74) is 0. The van der Waals surface area contributed by atoms with E-state index in [2.05, 4.69) is 31.0 Å². The summed E-state index contributed by atoms with van der Waals surface area (Å²) < 4.78 is 1.20. The van der Waals surface area contributed by atoms with Gasteiger partial charge in [-0.25, -0.2) is 0 Å². The number of rotatable bonds is 8. The maximum absolute atomic E-state index is 6.21. The number of thiophene rings is 1. The number of fused-ring (bicyclic) bond motifs is 1. The number of hydrogen-bond donors (Lipinski definition) is 1. The molecule has 1 nitrogen and oxygen atoms in total. The highest BCUT2D eigenvalue weighted by Crippen LogP contribution is 2.31. The van der Waals surface area contributed by atoms with E-state index in [-0.39, 0.29) is 0 Å². The summed E-state index contributed by atoms with van der Waals surface area (Å²) in [4.78, 5) is 1.35. The monoisotopic (exact) mass is 307 g/mol. The lowest BCUT2D eigenvalue weighted by Gasteiger charge is -2.12. The molecule has 0 radical (unpaired) electrons. The van der Waals surface area contributed by atoms with Gasteiger partial charge in [0.15, 0.2) is 0 Å². The molecule has 20 heavy (non-hydrogen) atoms. The lowest BCUT2D eigenvalue weighted by molar-refractivity contribution is 0.456. The molecule has 0 aliphatic rings. The van der Waals surface area contributed by atoms with Crippen LogP contribution in [0.5, 0.6) is 0 Å². The molecule has 0 aliphatic carbocycles. The average molecular weight is 308 g/mol. The molecule has 1 atom stereocenters. The Balaban J connectivity index is 1.84. The van der Waals surface area contributed by atoms with Gasteiger partial charge in [-0.05, 0) is 42.8 Å². The molecule has 0 amide bonds. The van der Waals surface area contributed by atoms with Crippen molar-refractivity contribution < 1.29 is 0 Å². The predicted molar refractivity (Wildman–Crippen MR) is 91.8 cm³/mol. The van der Waals surface area contributed by atoms with Crippen molar-refractivity contribution in [3.63, 3.8) is 0 Å². The number of hydrogen-bond acceptors (Lipinski definition) is 2. The van der Waals surface area contributed by atoms with Gasteiger partial charge in [-0.3, -0.25) is 0 Å². The summed E-state index contributed by atoms with van der Waals surface area (Å²) in [6.07, 6.45) is 5.60. The van der Waals surface area contributed by atoms with Gasteiger partial charge in [0.2, 0.25) is 0 Å². The van der Waals surface area contributed by atoms with Gasteiger partial charge in [-0.15, -0.1) is 17.9 Å². The van der Waals surface area contributed by atoms with Gasteiger partial charge in [-0.2, -0.15) is 0 Å². The van der Waals surface area contributed by atoms with Crippen molar-refractivity contribution in [2.45, 2.75) is 32.7 Å². The van der Waals surface area contributed by atoms with E-state index in [1.54, 1.807) is 11.3 Å². The molecule has 1 aromatic heterocycles. The van der Waals surface area contributed by atoms with E-state index in [0.717, 1.165) is 30.5 Å². The first kappa shape index (κ1) is 15.6.